The normalized spacial score (nSPS) is 19.3. The van der Waals surface area contributed by atoms with E-state index >= 15 is 0 Å². The number of amides is 1. The van der Waals surface area contributed by atoms with Crippen LogP contribution in [-0.4, -0.2) is 23.6 Å². The lowest BCUT2D eigenvalue weighted by Crippen LogP contribution is -2.29. The molecule has 1 amide bonds. The topological polar surface area (TPSA) is 89.2 Å². The van der Waals surface area contributed by atoms with Crippen LogP contribution in [0.15, 0.2) is 69.3 Å². The Morgan fingerprint density at radius 3 is 2.65 bits per heavy atom. The number of hydrogen-bond acceptors (Lipinski definition) is 6. The first kappa shape index (κ1) is 19.4. The standard InChI is InChI=1S/C23H16BrNO6/c1-12-9-13(4-6-15(12)24)21(26)19-20(17-3-2-8-29-17)25(23(28)22(19)27)14-5-7-16-18(10-14)31-11-30-16/h2-10,20,26H,11H2,1H3/b21-19-. The number of anilines is 1. The van der Waals surface area contributed by atoms with Gasteiger partial charge in [0.1, 0.15) is 17.6 Å². The van der Waals surface area contributed by atoms with Gasteiger partial charge in [-0.1, -0.05) is 22.0 Å². The molecule has 0 spiro atoms. The second-order valence-electron chi connectivity index (χ2n) is 7.19. The SMILES string of the molecule is Cc1cc(/C(O)=C2/C(=O)C(=O)N(c3ccc4c(c3)OCO4)C2c2ccco2)ccc1Br. The molecule has 1 N–H and O–H groups in total. The van der Waals surface area contributed by atoms with Gasteiger partial charge in [-0.2, -0.15) is 0 Å². The molecule has 0 radical (unpaired) electrons. The van der Waals surface area contributed by atoms with Crippen molar-refractivity contribution in [3.63, 3.8) is 0 Å². The van der Waals surface area contributed by atoms with Gasteiger partial charge in [-0.05, 0) is 48.9 Å². The van der Waals surface area contributed by atoms with Crippen LogP contribution in [0.4, 0.5) is 5.69 Å². The molecule has 0 saturated carbocycles. The van der Waals surface area contributed by atoms with Crippen molar-refractivity contribution in [2.24, 2.45) is 0 Å². The number of fused-ring (bicyclic) bond motifs is 1. The maximum Gasteiger partial charge on any atom is 0.300 e. The highest BCUT2D eigenvalue weighted by atomic mass is 79.9. The zero-order chi connectivity index (χ0) is 21.7. The van der Waals surface area contributed by atoms with Gasteiger partial charge in [0.05, 0.1) is 11.8 Å². The summed E-state index contributed by atoms with van der Waals surface area (Å²) in [6, 6.07) is 12.6. The Bertz CT molecular complexity index is 1250. The van der Waals surface area contributed by atoms with Crippen molar-refractivity contribution in [3.05, 3.63) is 81.7 Å². The van der Waals surface area contributed by atoms with Gasteiger partial charge in [-0.25, -0.2) is 0 Å². The Labute approximate surface area is 185 Å². The van der Waals surface area contributed by atoms with Crippen LogP contribution in [0.25, 0.3) is 5.76 Å². The van der Waals surface area contributed by atoms with Gasteiger partial charge in [0, 0.05) is 21.8 Å². The number of aryl methyl sites for hydroxylation is 1. The van der Waals surface area contributed by atoms with E-state index in [4.69, 9.17) is 13.9 Å². The number of benzene rings is 2. The van der Waals surface area contributed by atoms with Crippen LogP contribution in [-0.2, 0) is 9.59 Å². The first-order valence-corrected chi connectivity index (χ1v) is 10.3. The first-order chi connectivity index (χ1) is 15.0. The Balaban J connectivity index is 1.69. The van der Waals surface area contributed by atoms with E-state index in [2.05, 4.69) is 15.9 Å². The number of aliphatic hydroxyl groups excluding tert-OH is 1. The second-order valence-corrected chi connectivity index (χ2v) is 8.04. The maximum atomic E-state index is 13.1. The van der Waals surface area contributed by atoms with E-state index in [0.29, 0.717) is 28.5 Å². The highest BCUT2D eigenvalue weighted by Gasteiger charge is 2.48. The lowest BCUT2D eigenvalue weighted by molar-refractivity contribution is -0.132. The average molecular weight is 482 g/mol. The predicted molar refractivity (Wildman–Crippen MR) is 115 cm³/mol. The van der Waals surface area contributed by atoms with Crippen molar-refractivity contribution < 1.29 is 28.6 Å². The summed E-state index contributed by atoms with van der Waals surface area (Å²) in [6.45, 7) is 1.96. The van der Waals surface area contributed by atoms with Crippen molar-refractivity contribution in [2.45, 2.75) is 13.0 Å². The molecule has 31 heavy (non-hydrogen) atoms. The molecule has 2 aliphatic rings. The lowest BCUT2D eigenvalue weighted by Gasteiger charge is -2.23. The molecule has 7 nitrogen and oxygen atoms in total. The van der Waals surface area contributed by atoms with E-state index in [1.54, 1.807) is 48.5 Å². The summed E-state index contributed by atoms with van der Waals surface area (Å²) in [7, 11) is 0. The van der Waals surface area contributed by atoms with E-state index < -0.39 is 17.7 Å². The van der Waals surface area contributed by atoms with Crippen LogP contribution < -0.4 is 14.4 Å². The van der Waals surface area contributed by atoms with Crippen molar-refractivity contribution in [2.75, 3.05) is 11.7 Å². The van der Waals surface area contributed by atoms with Crippen molar-refractivity contribution in [1.29, 1.82) is 0 Å². The molecule has 1 saturated heterocycles. The molecule has 8 heteroatoms. The summed E-state index contributed by atoms with van der Waals surface area (Å²) >= 11 is 3.43. The number of carbonyl (C=O) groups excluding carboxylic acids is 2. The minimum atomic E-state index is -0.931. The Kier molecular flexibility index (Phi) is 4.59. The van der Waals surface area contributed by atoms with Crippen LogP contribution in [0, 0.1) is 6.92 Å². The van der Waals surface area contributed by atoms with Crippen molar-refractivity contribution >= 4 is 39.1 Å². The zero-order valence-corrected chi connectivity index (χ0v) is 17.9. The fourth-order valence-electron chi connectivity index (χ4n) is 3.80. The Morgan fingerprint density at radius 1 is 1.10 bits per heavy atom. The van der Waals surface area contributed by atoms with E-state index in [9.17, 15) is 14.7 Å². The molecule has 2 aliphatic heterocycles. The number of rotatable bonds is 3. The molecule has 1 fully saturated rings. The number of hydrogen-bond donors (Lipinski definition) is 1. The highest BCUT2D eigenvalue weighted by molar-refractivity contribution is 9.10. The third-order valence-corrected chi connectivity index (χ3v) is 6.21. The molecule has 0 aliphatic carbocycles. The Hall–Kier alpha value is -3.52. The molecule has 1 atom stereocenters. The molecule has 1 aromatic heterocycles. The van der Waals surface area contributed by atoms with E-state index in [-0.39, 0.29) is 18.1 Å². The number of ether oxygens (including phenoxy) is 2. The van der Waals surface area contributed by atoms with Crippen LogP contribution in [0.5, 0.6) is 11.5 Å². The van der Waals surface area contributed by atoms with Crippen LogP contribution in [0.3, 0.4) is 0 Å². The highest BCUT2D eigenvalue weighted by Crippen LogP contribution is 2.45. The minimum Gasteiger partial charge on any atom is -0.507 e. The fraction of sp³-hybridized carbons (Fsp3) is 0.130. The predicted octanol–water partition coefficient (Wildman–Crippen LogP) is 4.71. The second kappa shape index (κ2) is 7.31. The van der Waals surface area contributed by atoms with Crippen LogP contribution >= 0.6 is 15.9 Å². The molecule has 3 aromatic rings. The molecular weight excluding hydrogens is 466 g/mol. The van der Waals surface area contributed by atoms with Gasteiger partial charge < -0.3 is 19.0 Å². The number of halogens is 1. The molecule has 5 rings (SSSR count). The van der Waals surface area contributed by atoms with Crippen LogP contribution in [0.1, 0.15) is 22.9 Å². The van der Waals surface area contributed by atoms with Gasteiger partial charge in [0.25, 0.3) is 11.7 Å². The van der Waals surface area contributed by atoms with E-state index in [0.717, 1.165) is 10.0 Å². The molecule has 1 unspecified atom stereocenters. The van der Waals surface area contributed by atoms with Gasteiger partial charge in [0.15, 0.2) is 11.5 Å². The summed E-state index contributed by atoms with van der Waals surface area (Å²) in [4.78, 5) is 27.5. The average Bonchev–Trinajstić information content (AvgIpc) is 3.50. The summed E-state index contributed by atoms with van der Waals surface area (Å²) in [5.41, 5.74) is 1.70. The van der Waals surface area contributed by atoms with E-state index in [1.165, 1.54) is 11.2 Å². The largest absolute Gasteiger partial charge is 0.507 e. The van der Waals surface area contributed by atoms with Gasteiger partial charge in [-0.3, -0.25) is 14.5 Å². The van der Waals surface area contributed by atoms with E-state index in [1.807, 2.05) is 6.92 Å². The fourth-order valence-corrected chi connectivity index (χ4v) is 4.04. The summed E-state index contributed by atoms with van der Waals surface area (Å²) in [5, 5.41) is 11.1. The molecule has 156 valence electrons. The third-order valence-electron chi connectivity index (χ3n) is 5.32. The number of carbonyl (C=O) groups is 2. The summed E-state index contributed by atoms with van der Waals surface area (Å²) in [6.07, 6.45) is 1.46. The van der Waals surface area contributed by atoms with Gasteiger partial charge in [-0.15, -0.1) is 0 Å². The monoisotopic (exact) mass is 481 g/mol. The Morgan fingerprint density at radius 2 is 1.90 bits per heavy atom. The first-order valence-electron chi connectivity index (χ1n) is 9.46. The number of nitrogens with zero attached hydrogens (tertiary/aromatic N) is 1. The summed E-state index contributed by atoms with van der Waals surface area (Å²) < 4.78 is 17.2. The lowest BCUT2D eigenvalue weighted by atomic mass is 9.98. The zero-order valence-electron chi connectivity index (χ0n) is 16.3. The molecule has 3 heterocycles. The molecule has 2 aromatic carbocycles. The number of furan rings is 1. The molecular formula is C23H16BrNO6. The number of ketones is 1. The third kappa shape index (κ3) is 3.11. The molecule has 0 bridgehead atoms. The van der Waals surface area contributed by atoms with Crippen molar-refractivity contribution in [3.8, 4) is 11.5 Å². The maximum absolute atomic E-state index is 13.1. The van der Waals surface area contributed by atoms with Gasteiger partial charge >= 0.3 is 0 Å². The minimum absolute atomic E-state index is 0.0423. The quantitative estimate of drug-likeness (QED) is 0.331. The van der Waals surface area contributed by atoms with Crippen molar-refractivity contribution in [1.82, 2.24) is 0 Å². The smallest absolute Gasteiger partial charge is 0.300 e. The number of Topliss-reactive ketones (excluding diaryl/α,β-unsaturated/α-hetero) is 1. The van der Waals surface area contributed by atoms with Crippen LogP contribution in [0.2, 0.25) is 0 Å². The number of aliphatic hydroxyl groups is 1. The summed E-state index contributed by atoms with van der Waals surface area (Å²) in [5.74, 6) is -0.444. The van der Waals surface area contributed by atoms with Gasteiger partial charge in [0.2, 0.25) is 6.79 Å².